The quantitative estimate of drug-likeness (QED) is 0.630. The predicted octanol–water partition coefficient (Wildman–Crippen LogP) is 2.63. The van der Waals surface area contributed by atoms with Gasteiger partial charge in [0.15, 0.2) is 0 Å². The van der Waals surface area contributed by atoms with Crippen molar-refractivity contribution in [2.75, 3.05) is 0 Å². The molecular formula is C18H20N2O4. The average molecular weight is 328 g/mol. The number of hydrogen-bond donors (Lipinski definition) is 2. The van der Waals surface area contributed by atoms with Gasteiger partial charge in [-0.1, -0.05) is 36.4 Å². The van der Waals surface area contributed by atoms with Gasteiger partial charge in [-0.3, -0.25) is 14.9 Å². The molecule has 6 heteroatoms. The minimum absolute atomic E-state index is 0.0971. The Kier molecular flexibility index (Phi) is 5.65. The molecule has 0 aliphatic carbocycles. The van der Waals surface area contributed by atoms with Crippen LogP contribution in [0.2, 0.25) is 0 Å². The number of aliphatic hydroxyl groups excluding tert-OH is 1. The zero-order valence-electron chi connectivity index (χ0n) is 13.6. The molecule has 126 valence electrons. The lowest BCUT2D eigenvalue weighted by Gasteiger charge is -2.21. The molecule has 2 aromatic carbocycles. The van der Waals surface area contributed by atoms with E-state index < -0.39 is 23.0 Å². The van der Waals surface area contributed by atoms with Crippen LogP contribution in [-0.2, 0) is 6.42 Å². The maximum atomic E-state index is 12.4. The first-order chi connectivity index (χ1) is 11.4. The Morgan fingerprint density at radius 3 is 2.50 bits per heavy atom. The Labute approximate surface area is 140 Å². The standard InChI is InChI=1S/C18H20N2O4/c1-12-15(9-6-10-16(12)20(23)24)18(22)19-13(2)17(21)11-14-7-4-3-5-8-14/h3-10,13,17,21H,11H2,1-2H3,(H,19,22). The first kappa shape index (κ1) is 17.6. The fourth-order valence-electron chi connectivity index (χ4n) is 2.48. The minimum Gasteiger partial charge on any atom is -0.391 e. The zero-order valence-corrected chi connectivity index (χ0v) is 13.6. The Hall–Kier alpha value is -2.73. The van der Waals surface area contributed by atoms with Crippen LogP contribution in [0.5, 0.6) is 0 Å². The number of carbonyl (C=O) groups excluding carboxylic acids is 1. The Bertz CT molecular complexity index is 731. The molecular weight excluding hydrogens is 308 g/mol. The highest BCUT2D eigenvalue weighted by Crippen LogP contribution is 2.21. The molecule has 6 nitrogen and oxygen atoms in total. The van der Waals surface area contributed by atoms with E-state index in [1.165, 1.54) is 25.1 Å². The second kappa shape index (κ2) is 7.70. The lowest BCUT2D eigenvalue weighted by Crippen LogP contribution is -2.42. The van der Waals surface area contributed by atoms with Crippen LogP contribution in [0.4, 0.5) is 5.69 Å². The van der Waals surface area contributed by atoms with Crippen LogP contribution < -0.4 is 5.32 Å². The van der Waals surface area contributed by atoms with Gasteiger partial charge in [0, 0.05) is 23.6 Å². The third-order valence-corrected chi connectivity index (χ3v) is 3.97. The smallest absolute Gasteiger partial charge is 0.273 e. The van der Waals surface area contributed by atoms with Crippen molar-refractivity contribution in [2.24, 2.45) is 0 Å². The molecule has 2 atom stereocenters. The molecule has 0 saturated heterocycles. The molecule has 1 amide bonds. The van der Waals surface area contributed by atoms with Crippen LogP contribution in [0.1, 0.15) is 28.4 Å². The van der Waals surface area contributed by atoms with Gasteiger partial charge in [-0.15, -0.1) is 0 Å². The van der Waals surface area contributed by atoms with Gasteiger partial charge in [-0.2, -0.15) is 0 Å². The second-order valence-electron chi connectivity index (χ2n) is 5.73. The normalized spacial score (nSPS) is 13.1. The molecule has 0 aromatic heterocycles. The first-order valence-electron chi connectivity index (χ1n) is 7.67. The molecule has 0 fully saturated rings. The van der Waals surface area contributed by atoms with Crippen LogP contribution in [0, 0.1) is 17.0 Å². The van der Waals surface area contributed by atoms with Gasteiger partial charge < -0.3 is 10.4 Å². The highest BCUT2D eigenvalue weighted by molar-refractivity contribution is 5.96. The number of amides is 1. The maximum absolute atomic E-state index is 12.4. The van der Waals surface area contributed by atoms with E-state index in [1.54, 1.807) is 6.92 Å². The van der Waals surface area contributed by atoms with Gasteiger partial charge >= 0.3 is 0 Å². The van der Waals surface area contributed by atoms with Crippen LogP contribution >= 0.6 is 0 Å². The molecule has 0 aliphatic heterocycles. The Morgan fingerprint density at radius 1 is 1.21 bits per heavy atom. The molecule has 24 heavy (non-hydrogen) atoms. The number of nitro benzene ring substituents is 1. The third-order valence-electron chi connectivity index (χ3n) is 3.97. The maximum Gasteiger partial charge on any atom is 0.273 e. The molecule has 0 spiro atoms. The number of nitro groups is 1. The third kappa shape index (κ3) is 4.17. The van der Waals surface area contributed by atoms with E-state index in [0.29, 0.717) is 12.0 Å². The van der Waals surface area contributed by atoms with E-state index in [2.05, 4.69) is 5.32 Å². The number of nitrogens with one attached hydrogen (secondary N) is 1. The fourth-order valence-corrected chi connectivity index (χ4v) is 2.48. The summed E-state index contributed by atoms with van der Waals surface area (Å²) in [5.41, 5.74) is 1.42. The van der Waals surface area contributed by atoms with Crippen LogP contribution in [0.25, 0.3) is 0 Å². The summed E-state index contributed by atoms with van der Waals surface area (Å²) in [6.07, 6.45) is -0.341. The summed E-state index contributed by atoms with van der Waals surface area (Å²) in [6, 6.07) is 13.4. The number of benzene rings is 2. The topological polar surface area (TPSA) is 92.5 Å². The lowest BCUT2D eigenvalue weighted by atomic mass is 10.0. The average Bonchev–Trinajstić information content (AvgIpc) is 2.55. The number of nitrogens with zero attached hydrogens (tertiary/aromatic N) is 1. The summed E-state index contributed by atoms with van der Waals surface area (Å²) in [4.78, 5) is 22.8. The van der Waals surface area contributed by atoms with E-state index >= 15 is 0 Å². The number of aliphatic hydroxyl groups is 1. The predicted molar refractivity (Wildman–Crippen MR) is 90.9 cm³/mol. The number of hydrogen-bond acceptors (Lipinski definition) is 4. The molecule has 0 bridgehead atoms. The van der Waals surface area contributed by atoms with Gasteiger partial charge in [0.1, 0.15) is 0 Å². The SMILES string of the molecule is Cc1c(C(=O)NC(C)C(O)Cc2ccccc2)cccc1[N+](=O)[O-]. The molecule has 0 saturated carbocycles. The van der Waals surface area contributed by atoms with Crippen molar-refractivity contribution in [1.82, 2.24) is 5.32 Å². The molecule has 2 rings (SSSR count). The summed E-state index contributed by atoms with van der Waals surface area (Å²) in [5.74, 6) is -0.434. The van der Waals surface area contributed by atoms with Crippen molar-refractivity contribution in [3.63, 3.8) is 0 Å². The largest absolute Gasteiger partial charge is 0.391 e. The van der Waals surface area contributed by atoms with Crippen LogP contribution in [0.15, 0.2) is 48.5 Å². The molecule has 0 heterocycles. The van der Waals surface area contributed by atoms with Gasteiger partial charge in [-0.25, -0.2) is 0 Å². The van der Waals surface area contributed by atoms with Gasteiger partial charge in [-0.05, 0) is 25.5 Å². The lowest BCUT2D eigenvalue weighted by molar-refractivity contribution is -0.385. The van der Waals surface area contributed by atoms with E-state index in [4.69, 9.17) is 0 Å². The number of rotatable bonds is 6. The highest BCUT2D eigenvalue weighted by Gasteiger charge is 2.21. The van der Waals surface area contributed by atoms with Crippen LogP contribution in [-0.4, -0.2) is 28.1 Å². The van der Waals surface area contributed by atoms with Crippen molar-refractivity contribution >= 4 is 11.6 Å². The van der Waals surface area contributed by atoms with Gasteiger partial charge in [0.05, 0.1) is 17.1 Å². The molecule has 2 aromatic rings. The highest BCUT2D eigenvalue weighted by atomic mass is 16.6. The number of carbonyl (C=O) groups is 1. The van der Waals surface area contributed by atoms with Crippen LogP contribution in [0.3, 0.4) is 0 Å². The molecule has 0 radical (unpaired) electrons. The Balaban J connectivity index is 2.06. The zero-order chi connectivity index (χ0) is 17.7. The van der Waals surface area contributed by atoms with Crippen molar-refractivity contribution < 1.29 is 14.8 Å². The summed E-state index contributed by atoms with van der Waals surface area (Å²) < 4.78 is 0. The van der Waals surface area contributed by atoms with E-state index in [0.717, 1.165) is 5.56 Å². The summed E-state index contributed by atoms with van der Waals surface area (Å²) in [6.45, 7) is 3.25. The molecule has 2 N–H and O–H groups in total. The van der Waals surface area contributed by atoms with Gasteiger partial charge in [0.2, 0.25) is 0 Å². The summed E-state index contributed by atoms with van der Waals surface area (Å²) in [7, 11) is 0. The first-order valence-corrected chi connectivity index (χ1v) is 7.67. The van der Waals surface area contributed by atoms with Crippen molar-refractivity contribution in [2.45, 2.75) is 32.4 Å². The van der Waals surface area contributed by atoms with Crippen molar-refractivity contribution in [3.8, 4) is 0 Å². The molecule has 2 unspecified atom stereocenters. The molecule has 0 aliphatic rings. The minimum atomic E-state index is -0.754. The second-order valence-corrected chi connectivity index (χ2v) is 5.73. The van der Waals surface area contributed by atoms with Gasteiger partial charge in [0.25, 0.3) is 11.6 Å². The van der Waals surface area contributed by atoms with Crippen molar-refractivity contribution in [1.29, 1.82) is 0 Å². The van der Waals surface area contributed by atoms with E-state index in [-0.39, 0.29) is 11.3 Å². The monoisotopic (exact) mass is 328 g/mol. The summed E-state index contributed by atoms with van der Waals surface area (Å²) >= 11 is 0. The van der Waals surface area contributed by atoms with E-state index in [1.807, 2.05) is 30.3 Å². The van der Waals surface area contributed by atoms with E-state index in [9.17, 15) is 20.0 Å². The Morgan fingerprint density at radius 2 is 1.88 bits per heavy atom. The summed E-state index contributed by atoms with van der Waals surface area (Å²) in [5, 5.41) is 23.9. The van der Waals surface area contributed by atoms with Crippen molar-refractivity contribution in [3.05, 3.63) is 75.3 Å². The fraction of sp³-hybridized carbons (Fsp3) is 0.278.